The monoisotopic (exact) mass is 329 g/mol. The van der Waals surface area contributed by atoms with Crippen LogP contribution in [-0.4, -0.2) is 38.3 Å². The van der Waals surface area contributed by atoms with Gasteiger partial charge < -0.3 is 9.64 Å². The Kier molecular flexibility index (Phi) is 6.36. The summed E-state index contributed by atoms with van der Waals surface area (Å²) in [5.41, 5.74) is 1.29. The van der Waals surface area contributed by atoms with Crippen LogP contribution in [0.25, 0.3) is 0 Å². The van der Waals surface area contributed by atoms with Crippen molar-refractivity contribution in [3.05, 3.63) is 33.8 Å². The van der Waals surface area contributed by atoms with Crippen LogP contribution in [0.2, 0.25) is 10.0 Å². The molecule has 2 atom stereocenters. The van der Waals surface area contributed by atoms with Crippen molar-refractivity contribution in [2.75, 3.05) is 33.4 Å². The largest absolute Gasteiger partial charge is 0.381 e. The molecule has 1 aliphatic rings. The third-order valence-corrected chi connectivity index (χ3v) is 4.83. The second kappa shape index (κ2) is 7.82. The molecule has 1 saturated heterocycles. The number of hydrogen-bond acceptors (Lipinski definition) is 2. The van der Waals surface area contributed by atoms with Crippen LogP contribution >= 0.6 is 23.2 Å². The molecule has 118 valence electrons. The number of halogens is 2. The Morgan fingerprint density at radius 1 is 1.29 bits per heavy atom. The first-order chi connectivity index (χ1) is 9.97. The molecule has 0 N–H and O–H groups in total. The predicted molar refractivity (Wildman–Crippen MR) is 90.5 cm³/mol. The van der Waals surface area contributed by atoms with Gasteiger partial charge in [-0.1, -0.05) is 43.1 Å². The zero-order valence-electron chi connectivity index (χ0n) is 13.1. The number of piperidine rings is 1. The number of hydrogen-bond donors (Lipinski definition) is 0. The van der Waals surface area contributed by atoms with Crippen LogP contribution in [0.15, 0.2) is 18.2 Å². The SMILES string of the molecule is CC(C)COC[C@H]1CN(C)CC[C@@H]1c1ccc(Cl)c(Cl)c1. The molecule has 2 nitrogen and oxygen atoms in total. The van der Waals surface area contributed by atoms with Gasteiger partial charge >= 0.3 is 0 Å². The first-order valence-corrected chi connectivity index (χ1v) is 8.44. The summed E-state index contributed by atoms with van der Waals surface area (Å²) < 4.78 is 5.90. The van der Waals surface area contributed by atoms with E-state index in [1.807, 2.05) is 12.1 Å². The van der Waals surface area contributed by atoms with Crippen molar-refractivity contribution in [1.82, 2.24) is 4.90 Å². The maximum atomic E-state index is 6.18. The van der Waals surface area contributed by atoms with E-state index in [9.17, 15) is 0 Å². The molecular formula is C17H25Cl2NO. The summed E-state index contributed by atoms with van der Waals surface area (Å²) in [6.07, 6.45) is 1.14. The molecular weight excluding hydrogens is 305 g/mol. The second-order valence-corrected chi connectivity index (χ2v) is 7.34. The summed E-state index contributed by atoms with van der Waals surface area (Å²) in [5, 5.41) is 1.27. The van der Waals surface area contributed by atoms with Gasteiger partial charge in [0.15, 0.2) is 0 Å². The summed E-state index contributed by atoms with van der Waals surface area (Å²) in [4.78, 5) is 2.39. The van der Waals surface area contributed by atoms with Crippen LogP contribution in [0, 0.1) is 11.8 Å². The lowest BCUT2D eigenvalue weighted by molar-refractivity contribution is 0.0435. The summed E-state index contributed by atoms with van der Waals surface area (Å²) in [6, 6.07) is 6.04. The zero-order chi connectivity index (χ0) is 15.4. The minimum atomic E-state index is 0.503. The molecule has 0 unspecified atom stereocenters. The van der Waals surface area contributed by atoms with E-state index < -0.39 is 0 Å². The Labute approximate surface area is 138 Å². The van der Waals surface area contributed by atoms with E-state index in [1.54, 1.807) is 0 Å². The Morgan fingerprint density at radius 2 is 2.05 bits per heavy atom. The van der Waals surface area contributed by atoms with E-state index in [0.29, 0.717) is 27.8 Å². The summed E-state index contributed by atoms with van der Waals surface area (Å²) >= 11 is 12.2. The van der Waals surface area contributed by atoms with Gasteiger partial charge in [0.1, 0.15) is 0 Å². The molecule has 0 aliphatic carbocycles. The van der Waals surface area contributed by atoms with Crippen LogP contribution in [0.5, 0.6) is 0 Å². The molecule has 0 aromatic heterocycles. The van der Waals surface area contributed by atoms with Crippen LogP contribution < -0.4 is 0 Å². The van der Waals surface area contributed by atoms with Crippen LogP contribution in [-0.2, 0) is 4.74 Å². The van der Waals surface area contributed by atoms with E-state index >= 15 is 0 Å². The highest BCUT2D eigenvalue weighted by molar-refractivity contribution is 6.42. The van der Waals surface area contributed by atoms with Gasteiger partial charge in [-0.25, -0.2) is 0 Å². The van der Waals surface area contributed by atoms with Gasteiger partial charge in [-0.05, 0) is 49.5 Å². The highest BCUT2D eigenvalue weighted by Gasteiger charge is 2.29. The minimum Gasteiger partial charge on any atom is -0.381 e. The van der Waals surface area contributed by atoms with Crippen molar-refractivity contribution in [2.45, 2.75) is 26.2 Å². The zero-order valence-corrected chi connectivity index (χ0v) is 14.6. The van der Waals surface area contributed by atoms with E-state index in [4.69, 9.17) is 27.9 Å². The minimum absolute atomic E-state index is 0.503. The predicted octanol–water partition coefficient (Wildman–Crippen LogP) is 4.70. The lowest BCUT2D eigenvalue weighted by atomic mass is 9.81. The van der Waals surface area contributed by atoms with Crippen molar-refractivity contribution in [3.63, 3.8) is 0 Å². The summed E-state index contributed by atoms with van der Waals surface area (Å²) in [5.74, 6) is 1.60. The first kappa shape index (κ1) is 17.1. The number of rotatable bonds is 5. The van der Waals surface area contributed by atoms with Gasteiger partial charge in [0.2, 0.25) is 0 Å². The maximum absolute atomic E-state index is 6.18. The van der Waals surface area contributed by atoms with Crippen molar-refractivity contribution < 1.29 is 4.74 Å². The molecule has 21 heavy (non-hydrogen) atoms. The molecule has 1 aromatic carbocycles. The van der Waals surface area contributed by atoms with Crippen molar-refractivity contribution in [2.24, 2.45) is 11.8 Å². The third-order valence-electron chi connectivity index (χ3n) is 4.09. The fraction of sp³-hybridized carbons (Fsp3) is 0.647. The number of benzene rings is 1. The van der Waals surface area contributed by atoms with Crippen molar-refractivity contribution in [3.8, 4) is 0 Å². The van der Waals surface area contributed by atoms with Gasteiger partial charge in [0.05, 0.1) is 16.7 Å². The molecule has 1 fully saturated rings. The van der Waals surface area contributed by atoms with E-state index in [-0.39, 0.29) is 0 Å². The van der Waals surface area contributed by atoms with Gasteiger partial charge in [0.25, 0.3) is 0 Å². The Bertz CT molecular complexity index is 464. The summed E-state index contributed by atoms with van der Waals surface area (Å²) in [7, 11) is 2.18. The lowest BCUT2D eigenvalue weighted by Gasteiger charge is -2.37. The third kappa shape index (κ3) is 4.85. The second-order valence-electron chi connectivity index (χ2n) is 6.52. The molecule has 1 aromatic rings. The van der Waals surface area contributed by atoms with Gasteiger partial charge in [0, 0.05) is 19.1 Å². The van der Waals surface area contributed by atoms with Gasteiger partial charge in [-0.15, -0.1) is 0 Å². The van der Waals surface area contributed by atoms with Crippen LogP contribution in [0.4, 0.5) is 0 Å². The van der Waals surface area contributed by atoms with Crippen molar-refractivity contribution >= 4 is 23.2 Å². The molecule has 1 aliphatic heterocycles. The molecule has 0 spiro atoms. The average Bonchev–Trinajstić information content (AvgIpc) is 2.42. The topological polar surface area (TPSA) is 12.5 Å². The number of likely N-dealkylation sites (tertiary alicyclic amines) is 1. The molecule has 0 saturated carbocycles. The fourth-order valence-corrected chi connectivity index (χ4v) is 3.33. The molecule has 0 amide bonds. The standard InChI is InChI=1S/C17H25Cl2NO/c1-12(2)10-21-11-14-9-20(3)7-6-15(14)13-4-5-16(18)17(19)8-13/h4-5,8,12,14-15H,6-7,9-11H2,1-3H3/t14-,15-/m1/s1. The Balaban J connectivity index is 2.08. The summed E-state index contributed by atoms with van der Waals surface area (Å²) in [6.45, 7) is 8.20. The van der Waals surface area contributed by atoms with Crippen LogP contribution in [0.1, 0.15) is 31.7 Å². The normalized spacial score (nSPS) is 23.7. The van der Waals surface area contributed by atoms with Crippen molar-refractivity contribution in [1.29, 1.82) is 0 Å². The number of ether oxygens (including phenoxy) is 1. The highest BCUT2D eigenvalue weighted by Crippen LogP contribution is 2.35. The van der Waals surface area contributed by atoms with Gasteiger partial charge in [-0.2, -0.15) is 0 Å². The Hall–Kier alpha value is -0.280. The fourth-order valence-electron chi connectivity index (χ4n) is 3.02. The smallest absolute Gasteiger partial charge is 0.0595 e. The Morgan fingerprint density at radius 3 is 2.71 bits per heavy atom. The average molecular weight is 330 g/mol. The molecule has 1 heterocycles. The van der Waals surface area contributed by atoms with E-state index in [2.05, 4.69) is 31.9 Å². The maximum Gasteiger partial charge on any atom is 0.0595 e. The molecule has 2 rings (SSSR count). The molecule has 4 heteroatoms. The first-order valence-electron chi connectivity index (χ1n) is 7.68. The van der Waals surface area contributed by atoms with E-state index in [1.165, 1.54) is 5.56 Å². The molecule has 0 bridgehead atoms. The molecule has 0 radical (unpaired) electrons. The number of nitrogens with zero attached hydrogens (tertiary/aromatic N) is 1. The van der Waals surface area contributed by atoms with Crippen LogP contribution in [0.3, 0.4) is 0 Å². The van der Waals surface area contributed by atoms with E-state index in [0.717, 1.165) is 32.7 Å². The quantitative estimate of drug-likeness (QED) is 0.776. The highest BCUT2D eigenvalue weighted by atomic mass is 35.5. The van der Waals surface area contributed by atoms with Gasteiger partial charge in [-0.3, -0.25) is 0 Å². The lowest BCUT2D eigenvalue weighted by Crippen LogP contribution is -2.39.